The average Bonchev–Trinajstić information content (AvgIpc) is 2.40. The first-order chi connectivity index (χ1) is 9.40. The van der Waals surface area contributed by atoms with Gasteiger partial charge in [0, 0.05) is 11.4 Å². The Morgan fingerprint density at radius 1 is 1.40 bits per heavy atom. The summed E-state index contributed by atoms with van der Waals surface area (Å²) in [6.45, 7) is 2.02. The number of nitrogens with zero attached hydrogens (tertiary/aromatic N) is 1. The van der Waals surface area contributed by atoms with Crippen LogP contribution < -0.4 is 5.32 Å². The lowest BCUT2D eigenvalue weighted by atomic mass is 10.2. The van der Waals surface area contributed by atoms with Gasteiger partial charge in [0.15, 0.2) is 5.17 Å². The molecule has 1 atom stereocenters. The van der Waals surface area contributed by atoms with Crippen molar-refractivity contribution in [3.05, 3.63) is 29.6 Å². The van der Waals surface area contributed by atoms with Crippen LogP contribution in [0.5, 0.6) is 0 Å². The van der Waals surface area contributed by atoms with Crippen molar-refractivity contribution in [2.75, 3.05) is 11.1 Å². The minimum absolute atomic E-state index is 0.196. The van der Waals surface area contributed by atoms with Gasteiger partial charge in [0.05, 0.1) is 11.6 Å². The number of amidine groups is 1. The van der Waals surface area contributed by atoms with Gasteiger partial charge in [0.1, 0.15) is 5.82 Å². The predicted molar refractivity (Wildman–Crippen MR) is 73.6 cm³/mol. The predicted octanol–water partition coefficient (Wildman–Crippen LogP) is 4.53. The Labute approximate surface area is 118 Å². The molecule has 7 heteroatoms. The van der Waals surface area contributed by atoms with Gasteiger partial charge in [0.2, 0.25) is 0 Å². The SMILES string of the molecule is CCC1CCSC(Nc2ccc(F)c(C(F)(F)F)c2)=N1. The maximum Gasteiger partial charge on any atom is 0.419 e. The first-order valence-electron chi connectivity index (χ1n) is 6.24. The van der Waals surface area contributed by atoms with E-state index in [4.69, 9.17) is 0 Å². The fourth-order valence-electron chi connectivity index (χ4n) is 1.87. The maximum atomic E-state index is 13.2. The molecule has 1 aliphatic rings. The standard InChI is InChI=1S/C13H14F4N2S/c1-2-8-5-6-20-12(18-8)19-9-3-4-11(14)10(7-9)13(15,16)17/h3-4,7-8H,2,5-6H2,1H3,(H,18,19). The second-order valence-electron chi connectivity index (χ2n) is 4.45. The Hall–Kier alpha value is -1.24. The smallest absolute Gasteiger partial charge is 0.335 e. The molecule has 110 valence electrons. The van der Waals surface area contributed by atoms with Gasteiger partial charge < -0.3 is 5.32 Å². The van der Waals surface area contributed by atoms with E-state index in [0.29, 0.717) is 5.17 Å². The van der Waals surface area contributed by atoms with Gasteiger partial charge in [-0.15, -0.1) is 0 Å². The van der Waals surface area contributed by atoms with Gasteiger partial charge in [-0.1, -0.05) is 18.7 Å². The molecule has 0 aliphatic carbocycles. The summed E-state index contributed by atoms with van der Waals surface area (Å²) in [5.74, 6) is -0.398. The number of aliphatic imine (C=N–C) groups is 1. The van der Waals surface area contributed by atoms with Gasteiger partial charge >= 0.3 is 6.18 Å². The van der Waals surface area contributed by atoms with Crippen molar-refractivity contribution in [2.24, 2.45) is 4.99 Å². The fourth-order valence-corrected chi connectivity index (χ4v) is 2.86. The van der Waals surface area contributed by atoms with Crippen molar-refractivity contribution in [2.45, 2.75) is 32.0 Å². The molecule has 0 aromatic heterocycles. The molecule has 1 aromatic rings. The summed E-state index contributed by atoms with van der Waals surface area (Å²) in [7, 11) is 0. The quantitative estimate of drug-likeness (QED) is 0.812. The molecule has 1 heterocycles. The molecule has 0 saturated carbocycles. The highest BCUT2D eigenvalue weighted by Gasteiger charge is 2.34. The number of hydrogen-bond acceptors (Lipinski definition) is 3. The van der Waals surface area contributed by atoms with E-state index < -0.39 is 17.6 Å². The zero-order chi connectivity index (χ0) is 14.8. The van der Waals surface area contributed by atoms with Crippen LogP contribution in [0.2, 0.25) is 0 Å². The third kappa shape index (κ3) is 3.65. The number of hydrogen-bond donors (Lipinski definition) is 1. The largest absolute Gasteiger partial charge is 0.419 e. The van der Waals surface area contributed by atoms with Gasteiger partial charge in [-0.3, -0.25) is 4.99 Å². The lowest BCUT2D eigenvalue weighted by Crippen LogP contribution is -2.20. The number of anilines is 1. The topological polar surface area (TPSA) is 24.4 Å². The zero-order valence-electron chi connectivity index (χ0n) is 10.8. The Morgan fingerprint density at radius 2 is 2.15 bits per heavy atom. The van der Waals surface area contributed by atoms with Crippen LogP contribution >= 0.6 is 11.8 Å². The molecule has 0 saturated heterocycles. The summed E-state index contributed by atoms with van der Waals surface area (Å²) in [6.07, 6.45) is -2.85. The van der Waals surface area contributed by atoms with E-state index in [1.54, 1.807) is 0 Å². The molecule has 0 radical (unpaired) electrons. The number of nitrogens with one attached hydrogen (secondary N) is 1. The molecule has 1 aromatic carbocycles. The highest BCUT2D eigenvalue weighted by molar-refractivity contribution is 8.14. The molecular weight excluding hydrogens is 292 g/mol. The van der Waals surface area contributed by atoms with Crippen LogP contribution in [0.3, 0.4) is 0 Å². The first-order valence-corrected chi connectivity index (χ1v) is 7.23. The van der Waals surface area contributed by atoms with Crippen molar-refractivity contribution in [3.63, 3.8) is 0 Å². The Bertz CT molecular complexity index is 514. The number of thioether (sulfide) groups is 1. The van der Waals surface area contributed by atoms with E-state index in [1.807, 2.05) is 6.92 Å². The van der Waals surface area contributed by atoms with Crippen LogP contribution in [-0.2, 0) is 6.18 Å². The molecule has 2 rings (SSSR count). The van der Waals surface area contributed by atoms with E-state index in [9.17, 15) is 17.6 Å². The molecule has 1 N–H and O–H groups in total. The normalized spacial score (nSPS) is 19.6. The average molecular weight is 306 g/mol. The summed E-state index contributed by atoms with van der Waals surface area (Å²) >= 11 is 1.46. The molecule has 0 spiro atoms. The van der Waals surface area contributed by atoms with Crippen molar-refractivity contribution >= 4 is 22.6 Å². The summed E-state index contributed by atoms with van der Waals surface area (Å²) < 4.78 is 51.0. The molecule has 0 amide bonds. The summed E-state index contributed by atoms with van der Waals surface area (Å²) in [4.78, 5) is 4.40. The van der Waals surface area contributed by atoms with Crippen molar-refractivity contribution in [1.82, 2.24) is 0 Å². The fraction of sp³-hybridized carbons (Fsp3) is 0.462. The highest BCUT2D eigenvalue weighted by atomic mass is 32.2. The van der Waals surface area contributed by atoms with Crippen LogP contribution in [0.1, 0.15) is 25.3 Å². The minimum Gasteiger partial charge on any atom is -0.335 e. The van der Waals surface area contributed by atoms with E-state index in [2.05, 4.69) is 10.3 Å². The Morgan fingerprint density at radius 3 is 2.80 bits per heavy atom. The van der Waals surface area contributed by atoms with Crippen LogP contribution in [0.15, 0.2) is 23.2 Å². The number of halogens is 4. The van der Waals surface area contributed by atoms with Crippen LogP contribution in [0.4, 0.5) is 23.2 Å². The van der Waals surface area contributed by atoms with Gasteiger partial charge in [0.25, 0.3) is 0 Å². The number of alkyl halides is 3. The number of rotatable bonds is 2. The lowest BCUT2D eigenvalue weighted by molar-refractivity contribution is -0.139. The van der Waals surface area contributed by atoms with Gasteiger partial charge in [-0.05, 0) is 31.0 Å². The monoisotopic (exact) mass is 306 g/mol. The second kappa shape index (κ2) is 6.03. The van der Waals surface area contributed by atoms with Crippen molar-refractivity contribution in [3.8, 4) is 0 Å². The van der Waals surface area contributed by atoms with Crippen molar-refractivity contribution < 1.29 is 17.6 Å². The summed E-state index contributed by atoms with van der Waals surface area (Å²) in [6, 6.07) is 3.06. The second-order valence-corrected chi connectivity index (χ2v) is 5.53. The lowest BCUT2D eigenvalue weighted by Gasteiger charge is -2.20. The Balaban J connectivity index is 2.20. The first kappa shape index (κ1) is 15.2. The summed E-state index contributed by atoms with van der Waals surface area (Å²) in [5.41, 5.74) is -1.07. The molecule has 0 fully saturated rings. The van der Waals surface area contributed by atoms with Gasteiger partial charge in [-0.25, -0.2) is 4.39 Å². The minimum atomic E-state index is -4.70. The molecule has 1 unspecified atom stereocenters. The van der Waals surface area contributed by atoms with E-state index in [0.717, 1.165) is 30.7 Å². The number of benzene rings is 1. The third-order valence-corrected chi connectivity index (χ3v) is 3.90. The maximum absolute atomic E-state index is 13.2. The van der Waals surface area contributed by atoms with Crippen LogP contribution in [-0.4, -0.2) is 17.0 Å². The van der Waals surface area contributed by atoms with E-state index in [-0.39, 0.29) is 11.7 Å². The molecular formula is C13H14F4N2S. The molecule has 2 nitrogen and oxygen atoms in total. The van der Waals surface area contributed by atoms with Crippen molar-refractivity contribution in [1.29, 1.82) is 0 Å². The van der Waals surface area contributed by atoms with Gasteiger partial charge in [-0.2, -0.15) is 13.2 Å². The van der Waals surface area contributed by atoms with Crippen LogP contribution in [0, 0.1) is 5.82 Å². The van der Waals surface area contributed by atoms with Crippen LogP contribution in [0.25, 0.3) is 0 Å². The third-order valence-electron chi connectivity index (χ3n) is 2.98. The van der Waals surface area contributed by atoms with E-state index in [1.165, 1.54) is 17.8 Å². The summed E-state index contributed by atoms with van der Waals surface area (Å²) in [5, 5.41) is 3.42. The molecule has 20 heavy (non-hydrogen) atoms. The molecule has 0 bridgehead atoms. The van der Waals surface area contributed by atoms with E-state index >= 15 is 0 Å². The zero-order valence-corrected chi connectivity index (χ0v) is 11.6. The Kier molecular flexibility index (Phi) is 4.57. The highest BCUT2D eigenvalue weighted by Crippen LogP contribution is 2.33. The molecule has 1 aliphatic heterocycles.